The number of hydrogen-bond donors (Lipinski definition) is 1. The van der Waals surface area contributed by atoms with Crippen molar-refractivity contribution in [1.29, 1.82) is 0 Å². The molecule has 2 aromatic rings. The van der Waals surface area contributed by atoms with Crippen LogP contribution in [0, 0.1) is 0 Å². The van der Waals surface area contributed by atoms with Crippen LogP contribution in [0.3, 0.4) is 0 Å². The SMILES string of the molecule is CN(C(=O)CSc1n[nH]c(-c2cccs2)n1)C1CCCCC1. The van der Waals surface area contributed by atoms with Crippen molar-refractivity contribution >= 4 is 29.0 Å². The number of nitrogens with one attached hydrogen (secondary N) is 1. The van der Waals surface area contributed by atoms with Gasteiger partial charge in [-0.3, -0.25) is 9.89 Å². The lowest BCUT2D eigenvalue weighted by Gasteiger charge is -2.31. The summed E-state index contributed by atoms with van der Waals surface area (Å²) in [5.41, 5.74) is 0. The minimum atomic E-state index is 0.166. The van der Waals surface area contributed by atoms with E-state index in [-0.39, 0.29) is 5.91 Å². The van der Waals surface area contributed by atoms with E-state index in [4.69, 9.17) is 0 Å². The first kappa shape index (κ1) is 15.6. The zero-order chi connectivity index (χ0) is 15.4. The highest BCUT2D eigenvalue weighted by atomic mass is 32.2. The number of rotatable bonds is 5. The molecule has 1 aliphatic rings. The molecule has 1 aliphatic carbocycles. The van der Waals surface area contributed by atoms with Gasteiger partial charge in [0.05, 0.1) is 10.6 Å². The molecule has 0 aromatic carbocycles. The van der Waals surface area contributed by atoms with Crippen molar-refractivity contribution in [3.63, 3.8) is 0 Å². The highest BCUT2D eigenvalue weighted by Gasteiger charge is 2.22. The lowest BCUT2D eigenvalue weighted by Crippen LogP contribution is -2.39. The maximum absolute atomic E-state index is 12.3. The third kappa shape index (κ3) is 3.70. The molecule has 7 heteroatoms. The lowest BCUT2D eigenvalue weighted by molar-refractivity contribution is -0.129. The zero-order valence-electron chi connectivity index (χ0n) is 12.6. The number of H-pyrrole nitrogens is 1. The van der Waals surface area contributed by atoms with Gasteiger partial charge in [0.1, 0.15) is 0 Å². The number of amides is 1. The van der Waals surface area contributed by atoms with Crippen molar-refractivity contribution < 1.29 is 4.79 Å². The summed E-state index contributed by atoms with van der Waals surface area (Å²) in [5.74, 6) is 1.33. The predicted octanol–water partition coefficient (Wildman–Crippen LogP) is 3.42. The van der Waals surface area contributed by atoms with E-state index in [0.717, 1.165) is 23.5 Å². The van der Waals surface area contributed by atoms with Gasteiger partial charge >= 0.3 is 0 Å². The quantitative estimate of drug-likeness (QED) is 0.850. The molecule has 1 saturated carbocycles. The number of carbonyl (C=O) groups excluding carboxylic acids is 1. The monoisotopic (exact) mass is 336 g/mol. The Bertz CT molecular complexity index is 605. The number of carbonyl (C=O) groups is 1. The first-order chi connectivity index (χ1) is 10.7. The van der Waals surface area contributed by atoms with Gasteiger partial charge in [0.15, 0.2) is 5.82 Å². The van der Waals surface area contributed by atoms with Crippen LogP contribution in [0.5, 0.6) is 0 Å². The molecule has 5 nitrogen and oxygen atoms in total. The molecule has 2 heterocycles. The second-order valence-electron chi connectivity index (χ2n) is 5.53. The maximum atomic E-state index is 12.3. The van der Waals surface area contributed by atoms with Crippen LogP contribution in [0.4, 0.5) is 0 Å². The van der Waals surface area contributed by atoms with E-state index < -0.39 is 0 Å². The van der Waals surface area contributed by atoms with Crippen LogP contribution in [-0.4, -0.2) is 44.8 Å². The fourth-order valence-corrected chi connectivity index (χ4v) is 4.12. The van der Waals surface area contributed by atoms with Crippen LogP contribution in [-0.2, 0) is 4.79 Å². The van der Waals surface area contributed by atoms with E-state index in [0.29, 0.717) is 17.0 Å². The second-order valence-corrected chi connectivity index (χ2v) is 7.42. The van der Waals surface area contributed by atoms with Gasteiger partial charge in [0.2, 0.25) is 11.1 Å². The number of aromatic nitrogens is 3. The number of nitrogens with zero attached hydrogens (tertiary/aromatic N) is 3. The van der Waals surface area contributed by atoms with Gasteiger partial charge in [-0.15, -0.1) is 16.4 Å². The Balaban J connectivity index is 1.52. The summed E-state index contributed by atoms with van der Waals surface area (Å²) >= 11 is 3.02. The molecule has 0 radical (unpaired) electrons. The van der Waals surface area contributed by atoms with Crippen LogP contribution in [0.15, 0.2) is 22.7 Å². The van der Waals surface area contributed by atoms with Crippen LogP contribution < -0.4 is 0 Å². The Morgan fingerprint density at radius 2 is 2.27 bits per heavy atom. The van der Waals surface area contributed by atoms with E-state index in [1.165, 1.54) is 31.0 Å². The highest BCUT2D eigenvalue weighted by Crippen LogP contribution is 2.25. The van der Waals surface area contributed by atoms with Crippen molar-refractivity contribution in [2.24, 2.45) is 0 Å². The molecule has 0 atom stereocenters. The van der Waals surface area contributed by atoms with Gasteiger partial charge in [0.25, 0.3) is 0 Å². The molecule has 1 amide bonds. The van der Waals surface area contributed by atoms with Gasteiger partial charge in [-0.1, -0.05) is 37.1 Å². The van der Waals surface area contributed by atoms with Gasteiger partial charge in [-0.05, 0) is 24.3 Å². The Morgan fingerprint density at radius 3 is 3.00 bits per heavy atom. The van der Waals surface area contributed by atoms with Crippen molar-refractivity contribution in [3.8, 4) is 10.7 Å². The molecule has 0 aliphatic heterocycles. The largest absolute Gasteiger partial charge is 0.342 e. The topological polar surface area (TPSA) is 61.9 Å². The summed E-state index contributed by atoms with van der Waals surface area (Å²) in [4.78, 5) is 19.7. The standard InChI is InChI=1S/C15H20N4OS2/c1-19(11-6-3-2-4-7-11)13(20)10-22-15-16-14(17-18-15)12-8-5-9-21-12/h5,8-9,11H,2-4,6-7,10H2,1H3,(H,16,17,18). The summed E-state index contributed by atoms with van der Waals surface area (Å²) in [7, 11) is 1.92. The summed E-state index contributed by atoms with van der Waals surface area (Å²) in [5, 5.41) is 9.75. The van der Waals surface area contributed by atoms with E-state index in [9.17, 15) is 4.79 Å². The third-order valence-corrected chi connectivity index (χ3v) is 5.77. The normalized spacial score (nSPS) is 15.9. The Hall–Kier alpha value is -1.34. The summed E-state index contributed by atoms with van der Waals surface area (Å²) < 4.78 is 0. The number of thioether (sulfide) groups is 1. The number of thiophene rings is 1. The predicted molar refractivity (Wildman–Crippen MR) is 90.1 cm³/mol. The first-order valence-corrected chi connectivity index (χ1v) is 9.45. The van der Waals surface area contributed by atoms with Gasteiger partial charge in [-0.2, -0.15) is 0 Å². The van der Waals surface area contributed by atoms with Crippen LogP contribution >= 0.6 is 23.1 Å². The van der Waals surface area contributed by atoms with Crippen LogP contribution in [0.25, 0.3) is 10.7 Å². The number of aromatic amines is 1. The van der Waals surface area contributed by atoms with Crippen LogP contribution in [0.1, 0.15) is 32.1 Å². The Morgan fingerprint density at radius 1 is 1.45 bits per heavy atom. The minimum Gasteiger partial charge on any atom is -0.342 e. The average Bonchev–Trinajstić information content (AvgIpc) is 3.23. The third-order valence-electron chi connectivity index (χ3n) is 4.06. The van der Waals surface area contributed by atoms with Gasteiger partial charge < -0.3 is 4.90 Å². The van der Waals surface area contributed by atoms with Crippen molar-refractivity contribution in [3.05, 3.63) is 17.5 Å². The van der Waals surface area contributed by atoms with Crippen molar-refractivity contribution in [2.75, 3.05) is 12.8 Å². The summed E-state index contributed by atoms with van der Waals surface area (Å²) in [6, 6.07) is 4.40. The molecule has 22 heavy (non-hydrogen) atoms. The number of hydrogen-bond acceptors (Lipinski definition) is 5. The lowest BCUT2D eigenvalue weighted by atomic mass is 9.94. The zero-order valence-corrected chi connectivity index (χ0v) is 14.3. The fourth-order valence-electron chi connectivity index (χ4n) is 2.73. The van der Waals surface area contributed by atoms with E-state index in [1.807, 2.05) is 29.5 Å². The summed E-state index contributed by atoms with van der Waals surface area (Å²) in [6.45, 7) is 0. The van der Waals surface area contributed by atoms with Gasteiger partial charge in [0, 0.05) is 13.1 Å². The summed E-state index contributed by atoms with van der Waals surface area (Å²) in [6.07, 6.45) is 6.04. The van der Waals surface area contributed by atoms with Crippen LogP contribution in [0.2, 0.25) is 0 Å². The minimum absolute atomic E-state index is 0.166. The molecular weight excluding hydrogens is 316 g/mol. The smallest absolute Gasteiger partial charge is 0.233 e. The molecule has 0 spiro atoms. The van der Waals surface area contributed by atoms with E-state index in [1.54, 1.807) is 11.3 Å². The molecule has 1 fully saturated rings. The molecule has 2 aromatic heterocycles. The molecule has 0 bridgehead atoms. The van der Waals surface area contributed by atoms with Crippen molar-refractivity contribution in [2.45, 2.75) is 43.3 Å². The second kappa shape index (κ2) is 7.28. The highest BCUT2D eigenvalue weighted by molar-refractivity contribution is 7.99. The molecule has 0 saturated heterocycles. The molecular formula is C15H20N4OS2. The first-order valence-electron chi connectivity index (χ1n) is 7.59. The van der Waals surface area contributed by atoms with E-state index >= 15 is 0 Å². The molecule has 3 rings (SSSR count). The average molecular weight is 336 g/mol. The Kier molecular flexibility index (Phi) is 5.15. The maximum Gasteiger partial charge on any atom is 0.233 e. The molecule has 1 N–H and O–H groups in total. The van der Waals surface area contributed by atoms with Gasteiger partial charge in [-0.25, -0.2) is 4.98 Å². The van der Waals surface area contributed by atoms with E-state index in [2.05, 4.69) is 15.2 Å². The Labute approximate surface area is 138 Å². The fraction of sp³-hybridized carbons (Fsp3) is 0.533. The molecule has 0 unspecified atom stereocenters. The molecule has 118 valence electrons. The van der Waals surface area contributed by atoms with Crippen molar-refractivity contribution in [1.82, 2.24) is 20.1 Å².